The van der Waals surface area contributed by atoms with Gasteiger partial charge in [-0.3, -0.25) is 9.59 Å². The molecule has 0 aliphatic heterocycles. The summed E-state index contributed by atoms with van der Waals surface area (Å²) in [6.07, 6.45) is 64.9. The first-order chi connectivity index (χ1) is 31.5. The molecule has 64 heavy (non-hydrogen) atoms. The second-order valence-electron chi connectivity index (χ2n) is 19.6. The van der Waals surface area contributed by atoms with Gasteiger partial charge < -0.3 is 20.3 Å². The number of carbonyl (C=O) groups excluding carboxylic acids is 2. The predicted octanol–water partition coefficient (Wildman–Crippen LogP) is 17.5. The molecule has 3 N–H and O–H groups in total. The SMILES string of the molecule is CCCCC/C=C\CCCCCCCC(=O)OCCCCCCCCCCCCCCCCCCCCCCCCCC(=O)NC(CO)C(O)/C=C/CCCCCCCCCCCC. The first-order valence-electron chi connectivity index (χ1n) is 28.6. The third-order valence-electron chi connectivity index (χ3n) is 13.2. The van der Waals surface area contributed by atoms with Crippen LogP contribution in [0.1, 0.15) is 309 Å². The third-order valence-corrected chi connectivity index (χ3v) is 13.2. The normalized spacial score (nSPS) is 12.8. The van der Waals surface area contributed by atoms with Gasteiger partial charge in [-0.05, 0) is 57.8 Å². The van der Waals surface area contributed by atoms with Crippen molar-refractivity contribution in [1.82, 2.24) is 5.32 Å². The number of ether oxygens (including phenoxy) is 1. The fraction of sp³-hybridized carbons (Fsp3) is 0.897. The molecule has 0 saturated heterocycles. The molecule has 378 valence electrons. The standard InChI is InChI=1S/C58H111NO5/c1-3-5-7-9-11-13-15-30-34-38-42-46-50-56(61)55(54-60)59-57(62)51-47-43-39-35-31-28-26-24-22-20-18-17-19-21-23-25-27-29-33-37-41-45-49-53-64-58(63)52-48-44-40-36-32-16-14-12-10-8-6-4-2/h12,14,46,50,55-56,60-61H,3-11,13,15-45,47-49,51-54H2,1-2H3,(H,59,62)/b14-12-,50-46+. The number of esters is 1. The van der Waals surface area contributed by atoms with Crippen molar-refractivity contribution in [3.8, 4) is 0 Å². The van der Waals surface area contributed by atoms with Crippen LogP contribution in [0.5, 0.6) is 0 Å². The number of unbranched alkanes of at least 4 members (excludes halogenated alkanes) is 40. The minimum absolute atomic E-state index is 0.00364. The Labute approximate surface area is 399 Å². The van der Waals surface area contributed by atoms with Gasteiger partial charge in [0, 0.05) is 12.8 Å². The van der Waals surface area contributed by atoms with Crippen molar-refractivity contribution in [3.63, 3.8) is 0 Å². The van der Waals surface area contributed by atoms with E-state index in [9.17, 15) is 19.8 Å². The topological polar surface area (TPSA) is 95.9 Å². The highest BCUT2D eigenvalue weighted by Gasteiger charge is 2.18. The molecular weight excluding hydrogens is 791 g/mol. The van der Waals surface area contributed by atoms with Gasteiger partial charge >= 0.3 is 5.97 Å². The van der Waals surface area contributed by atoms with E-state index < -0.39 is 12.1 Å². The number of nitrogens with one attached hydrogen (secondary N) is 1. The molecule has 1 amide bonds. The zero-order chi connectivity index (χ0) is 46.5. The Hall–Kier alpha value is -1.66. The fourth-order valence-corrected chi connectivity index (χ4v) is 8.81. The van der Waals surface area contributed by atoms with Crippen LogP contribution < -0.4 is 5.32 Å². The van der Waals surface area contributed by atoms with E-state index in [0.717, 1.165) is 44.9 Å². The number of amides is 1. The van der Waals surface area contributed by atoms with Gasteiger partial charge in [0.05, 0.1) is 25.4 Å². The van der Waals surface area contributed by atoms with Crippen LogP contribution in [0.2, 0.25) is 0 Å². The second kappa shape index (κ2) is 54.0. The number of hydrogen-bond acceptors (Lipinski definition) is 5. The molecule has 0 aromatic carbocycles. The highest BCUT2D eigenvalue weighted by atomic mass is 16.5. The van der Waals surface area contributed by atoms with Crippen molar-refractivity contribution in [2.75, 3.05) is 13.2 Å². The van der Waals surface area contributed by atoms with Gasteiger partial charge in [-0.1, -0.05) is 263 Å². The highest BCUT2D eigenvalue weighted by molar-refractivity contribution is 5.76. The van der Waals surface area contributed by atoms with Crippen LogP contribution in [0, 0.1) is 0 Å². The smallest absolute Gasteiger partial charge is 0.305 e. The molecule has 0 aliphatic carbocycles. The number of hydrogen-bond donors (Lipinski definition) is 3. The molecule has 0 saturated carbocycles. The van der Waals surface area contributed by atoms with E-state index in [4.69, 9.17) is 4.74 Å². The minimum Gasteiger partial charge on any atom is -0.466 e. The Morgan fingerprint density at radius 3 is 1.14 bits per heavy atom. The maximum atomic E-state index is 12.4. The van der Waals surface area contributed by atoms with E-state index in [-0.39, 0.29) is 18.5 Å². The number of allylic oxidation sites excluding steroid dienone is 3. The summed E-state index contributed by atoms with van der Waals surface area (Å²) in [6, 6.07) is -0.626. The van der Waals surface area contributed by atoms with Crippen LogP contribution in [-0.2, 0) is 14.3 Å². The molecule has 0 aromatic rings. The van der Waals surface area contributed by atoms with Gasteiger partial charge in [0.25, 0.3) is 0 Å². The maximum Gasteiger partial charge on any atom is 0.305 e. The Morgan fingerprint density at radius 2 is 0.734 bits per heavy atom. The molecule has 0 radical (unpaired) electrons. The van der Waals surface area contributed by atoms with Crippen LogP contribution in [-0.4, -0.2) is 47.4 Å². The highest BCUT2D eigenvalue weighted by Crippen LogP contribution is 2.17. The summed E-state index contributed by atoms with van der Waals surface area (Å²) in [7, 11) is 0. The van der Waals surface area contributed by atoms with Crippen molar-refractivity contribution >= 4 is 11.9 Å². The van der Waals surface area contributed by atoms with Crippen LogP contribution in [0.25, 0.3) is 0 Å². The largest absolute Gasteiger partial charge is 0.466 e. The van der Waals surface area contributed by atoms with Crippen molar-refractivity contribution in [3.05, 3.63) is 24.3 Å². The van der Waals surface area contributed by atoms with Gasteiger partial charge in [0.15, 0.2) is 0 Å². The van der Waals surface area contributed by atoms with Gasteiger partial charge in [-0.2, -0.15) is 0 Å². The van der Waals surface area contributed by atoms with Crippen molar-refractivity contribution in [1.29, 1.82) is 0 Å². The van der Waals surface area contributed by atoms with E-state index in [0.29, 0.717) is 19.4 Å². The molecule has 0 spiro atoms. The lowest BCUT2D eigenvalue weighted by Crippen LogP contribution is -2.45. The van der Waals surface area contributed by atoms with E-state index in [1.807, 2.05) is 6.08 Å². The van der Waals surface area contributed by atoms with Crippen molar-refractivity contribution < 1.29 is 24.5 Å². The summed E-state index contributed by atoms with van der Waals surface area (Å²) in [5.74, 6) is -0.0641. The van der Waals surface area contributed by atoms with Gasteiger partial charge in [-0.25, -0.2) is 0 Å². The number of aliphatic hydroxyl groups excluding tert-OH is 2. The monoisotopic (exact) mass is 902 g/mol. The maximum absolute atomic E-state index is 12.4. The average Bonchev–Trinajstić information content (AvgIpc) is 3.29. The van der Waals surface area contributed by atoms with Crippen LogP contribution in [0.3, 0.4) is 0 Å². The molecule has 6 nitrogen and oxygen atoms in total. The molecule has 2 atom stereocenters. The van der Waals surface area contributed by atoms with Gasteiger partial charge in [-0.15, -0.1) is 0 Å². The quantitative estimate of drug-likeness (QED) is 0.0321. The Kier molecular flexibility index (Phi) is 52.6. The first kappa shape index (κ1) is 62.3. The molecule has 0 aromatic heterocycles. The lowest BCUT2D eigenvalue weighted by Gasteiger charge is -2.20. The summed E-state index contributed by atoms with van der Waals surface area (Å²) >= 11 is 0. The van der Waals surface area contributed by atoms with Gasteiger partial charge in [0.2, 0.25) is 5.91 Å². The third kappa shape index (κ3) is 49.8. The zero-order valence-corrected chi connectivity index (χ0v) is 43.0. The number of aliphatic hydroxyl groups is 2. The molecule has 0 rings (SSSR count). The van der Waals surface area contributed by atoms with E-state index in [2.05, 4.69) is 31.3 Å². The molecule has 0 heterocycles. The molecule has 0 aliphatic rings. The summed E-state index contributed by atoms with van der Waals surface area (Å²) in [4.78, 5) is 24.4. The Bertz CT molecular complexity index is 997. The minimum atomic E-state index is -0.842. The molecule has 0 fully saturated rings. The lowest BCUT2D eigenvalue weighted by molar-refractivity contribution is -0.143. The average molecular weight is 903 g/mol. The van der Waals surface area contributed by atoms with E-state index in [1.165, 1.54) is 238 Å². The van der Waals surface area contributed by atoms with E-state index >= 15 is 0 Å². The van der Waals surface area contributed by atoms with Crippen LogP contribution in [0.4, 0.5) is 0 Å². The zero-order valence-electron chi connectivity index (χ0n) is 43.0. The van der Waals surface area contributed by atoms with Crippen LogP contribution >= 0.6 is 0 Å². The lowest BCUT2D eigenvalue weighted by atomic mass is 10.0. The summed E-state index contributed by atoms with van der Waals surface area (Å²) in [5.41, 5.74) is 0. The number of carbonyl (C=O) groups is 2. The second-order valence-corrected chi connectivity index (χ2v) is 19.6. The Balaban J connectivity index is 3.38. The molecule has 0 bridgehead atoms. The predicted molar refractivity (Wildman–Crippen MR) is 278 cm³/mol. The molecule has 2 unspecified atom stereocenters. The van der Waals surface area contributed by atoms with Crippen molar-refractivity contribution in [2.45, 2.75) is 321 Å². The molecule has 6 heteroatoms. The number of rotatable bonds is 53. The van der Waals surface area contributed by atoms with Crippen molar-refractivity contribution in [2.24, 2.45) is 0 Å². The summed E-state index contributed by atoms with van der Waals surface area (Å²) in [5, 5.41) is 23.0. The molecular formula is C58H111NO5. The summed E-state index contributed by atoms with van der Waals surface area (Å²) < 4.78 is 5.46. The van der Waals surface area contributed by atoms with E-state index in [1.54, 1.807) is 6.08 Å². The Morgan fingerprint density at radius 1 is 0.422 bits per heavy atom. The summed E-state index contributed by atoms with van der Waals surface area (Å²) in [6.45, 7) is 4.88. The first-order valence-corrected chi connectivity index (χ1v) is 28.6. The van der Waals surface area contributed by atoms with Gasteiger partial charge in [0.1, 0.15) is 0 Å². The van der Waals surface area contributed by atoms with Crippen LogP contribution in [0.15, 0.2) is 24.3 Å². The fourth-order valence-electron chi connectivity index (χ4n) is 8.81.